The normalized spacial score (nSPS) is 14.1. The Morgan fingerprint density at radius 1 is 1.38 bits per heavy atom. The van der Waals surface area contributed by atoms with Crippen molar-refractivity contribution in [3.8, 4) is 0 Å². The molecule has 1 aromatic rings. The Bertz CT molecular complexity index is 550. The van der Waals surface area contributed by atoms with Gasteiger partial charge in [-0.05, 0) is 37.3 Å². The van der Waals surface area contributed by atoms with E-state index in [9.17, 15) is 14.7 Å². The van der Waals surface area contributed by atoms with E-state index in [4.69, 9.17) is 0 Å². The highest BCUT2D eigenvalue weighted by molar-refractivity contribution is 6.01. The van der Waals surface area contributed by atoms with Crippen molar-refractivity contribution in [1.82, 2.24) is 4.90 Å². The van der Waals surface area contributed by atoms with Crippen LogP contribution in [0.15, 0.2) is 18.2 Å². The predicted molar refractivity (Wildman–Crippen MR) is 81.7 cm³/mol. The second-order valence-electron chi connectivity index (χ2n) is 6.01. The van der Waals surface area contributed by atoms with Crippen LogP contribution in [0.3, 0.4) is 0 Å². The summed E-state index contributed by atoms with van der Waals surface area (Å²) in [5, 5.41) is 12.1. The number of carboxylic acids is 1. The first-order valence-corrected chi connectivity index (χ1v) is 7.30. The zero-order valence-corrected chi connectivity index (χ0v) is 12.7. The molecule has 2 amide bonds. The third kappa shape index (κ3) is 3.74. The number of carbonyl (C=O) groups is 2. The molecule has 1 aromatic carbocycles. The number of rotatable bonds is 5. The molecule has 0 aliphatic heterocycles. The molecule has 2 N–H and O–H groups in total. The molecule has 1 fully saturated rings. The zero-order chi connectivity index (χ0) is 15.6. The Labute approximate surface area is 125 Å². The predicted octanol–water partition coefficient (Wildman–Crippen LogP) is 3.35. The first kappa shape index (κ1) is 15.4. The molecule has 114 valence electrons. The van der Waals surface area contributed by atoms with Gasteiger partial charge in [0.2, 0.25) is 0 Å². The van der Waals surface area contributed by atoms with E-state index >= 15 is 0 Å². The smallest absolute Gasteiger partial charge is 0.338 e. The van der Waals surface area contributed by atoms with Crippen LogP contribution in [0.25, 0.3) is 0 Å². The van der Waals surface area contributed by atoms with Crippen LogP contribution in [0.4, 0.5) is 10.5 Å². The van der Waals surface area contributed by atoms with Crippen molar-refractivity contribution < 1.29 is 14.7 Å². The lowest BCUT2D eigenvalue weighted by Gasteiger charge is -2.25. The number of nitrogens with zero attached hydrogens (tertiary/aromatic N) is 1. The summed E-state index contributed by atoms with van der Waals surface area (Å²) in [4.78, 5) is 25.6. The number of anilines is 1. The molecule has 1 aliphatic rings. The van der Waals surface area contributed by atoms with Crippen molar-refractivity contribution in [3.05, 3.63) is 29.3 Å². The maximum atomic E-state index is 12.4. The van der Waals surface area contributed by atoms with Crippen molar-refractivity contribution in [2.75, 3.05) is 11.9 Å². The van der Waals surface area contributed by atoms with Crippen LogP contribution in [0.5, 0.6) is 0 Å². The maximum Gasteiger partial charge on any atom is 0.338 e. The Kier molecular flexibility index (Phi) is 4.50. The number of carboxylic acid groups (broad SMARTS) is 1. The highest BCUT2D eigenvalue weighted by Crippen LogP contribution is 2.29. The van der Waals surface area contributed by atoms with Gasteiger partial charge in [-0.2, -0.15) is 0 Å². The fourth-order valence-electron chi connectivity index (χ4n) is 2.42. The SMILES string of the molecule is Cc1cccc(NC(=O)N(CC(C)C)C2CC2)c1C(=O)O. The average molecular weight is 290 g/mol. The van der Waals surface area contributed by atoms with Gasteiger partial charge in [-0.15, -0.1) is 0 Å². The van der Waals surface area contributed by atoms with E-state index in [1.807, 2.05) is 4.90 Å². The van der Waals surface area contributed by atoms with Gasteiger partial charge in [0.25, 0.3) is 0 Å². The van der Waals surface area contributed by atoms with Gasteiger partial charge >= 0.3 is 12.0 Å². The van der Waals surface area contributed by atoms with Gasteiger partial charge in [0, 0.05) is 12.6 Å². The summed E-state index contributed by atoms with van der Waals surface area (Å²) in [6.07, 6.45) is 2.06. The largest absolute Gasteiger partial charge is 0.478 e. The molecule has 5 nitrogen and oxygen atoms in total. The highest BCUT2D eigenvalue weighted by Gasteiger charge is 2.33. The lowest BCUT2D eigenvalue weighted by molar-refractivity contribution is 0.0697. The van der Waals surface area contributed by atoms with E-state index in [0.717, 1.165) is 12.8 Å². The van der Waals surface area contributed by atoms with Crippen molar-refractivity contribution in [1.29, 1.82) is 0 Å². The fourth-order valence-corrected chi connectivity index (χ4v) is 2.42. The standard InChI is InChI=1S/C16H22N2O3/c1-10(2)9-18(12-7-8-12)16(21)17-13-6-4-5-11(3)14(13)15(19)20/h4-6,10,12H,7-9H2,1-3H3,(H,17,21)(H,19,20). The third-order valence-corrected chi connectivity index (χ3v) is 3.54. The van der Waals surface area contributed by atoms with E-state index in [2.05, 4.69) is 19.2 Å². The van der Waals surface area contributed by atoms with Crippen LogP contribution in [-0.4, -0.2) is 34.6 Å². The molecule has 21 heavy (non-hydrogen) atoms. The van der Waals surface area contributed by atoms with Crippen LogP contribution >= 0.6 is 0 Å². The van der Waals surface area contributed by atoms with Gasteiger partial charge in [-0.1, -0.05) is 26.0 Å². The lowest BCUT2D eigenvalue weighted by atomic mass is 10.1. The van der Waals surface area contributed by atoms with Gasteiger partial charge in [-0.3, -0.25) is 0 Å². The summed E-state index contributed by atoms with van der Waals surface area (Å²) >= 11 is 0. The van der Waals surface area contributed by atoms with Crippen LogP contribution in [0.2, 0.25) is 0 Å². The van der Waals surface area contributed by atoms with Gasteiger partial charge in [0.1, 0.15) is 0 Å². The second kappa shape index (κ2) is 6.16. The number of aromatic carboxylic acids is 1. The van der Waals surface area contributed by atoms with Crippen LogP contribution < -0.4 is 5.32 Å². The minimum absolute atomic E-state index is 0.158. The first-order chi connectivity index (χ1) is 9.90. The maximum absolute atomic E-state index is 12.4. The number of nitrogens with one attached hydrogen (secondary N) is 1. The molecule has 0 bridgehead atoms. The number of hydrogen-bond acceptors (Lipinski definition) is 2. The summed E-state index contributed by atoms with van der Waals surface area (Å²) in [5.74, 6) is -0.641. The summed E-state index contributed by atoms with van der Waals surface area (Å²) in [7, 11) is 0. The van der Waals surface area contributed by atoms with Crippen molar-refractivity contribution in [2.45, 2.75) is 39.7 Å². The number of carbonyl (C=O) groups excluding carboxylic acids is 1. The second-order valence-corrected chi connectivity index (χ2v) is 6.01. The summed E-state index contributed by atoms with van der Waals surface area (Å²) in [6, 6.07) is 5.20. The molecule has 0 saturated heterocycles. The van der Waals surface area contributed by atoms with Gasteiger partial charge in [0.15, 0.2) is 0 Å². The summed E-state index contributed by atoms with van der Waals surface area (Å²) < 4.78 is 0. The molecule has 0 aromatic heterocycles. The molecule has 0 spiro atoms. The zero-order valence-electron chi connectivity index (χ0n) is 12.7. The van der Waals surface area contributed by atoms with Crippen molar-refractivity contribution in [2.24, 2.45) is 5.92 Å². The van der Waals surface area contributed by atoms with Gasteiger partial charge in [0.05, 0.1) is 11.3 Å². The minimum atomic E-state index is -1.02. The van der Waals surface area contributed by atoms with E-state index in [-0.39, 0.29) is 11.6 Å². The van der Waals surface area contributed by atoms with Crippen molar-refractivity contribution in [3.63, 3.8) is 0 Å². The van der Waals surface area contributed by atoms with Crippen molar-refractivity contribution >= 4 is 17.7 Å². The molecule has 1 aliphatic carbocycles. The van der Waals surface area contributed by atoms with E-state index in [1.54, 1.807) is 25.1 Å². The molecule has 5 heteroatoms. The molecule has 0 atom stereocenters. The van der Waals surface area contributed by atoms with Gasteiger partial charge in [-0.25, -0.2) is 9.59 Å². The quantitative estimate of drug-likeness (QED) is 0.873. The molecule has 0 radical (unpaired) electrons. The highest BCUT2D eigenvalue weighted by atomic mass is 16.4. The Hall–Kier alpha value is -2.04. The van der Waals surface area contributed by atoms with Crippen LogP contribution in [-0.2, 0) is 0 Å². The van der Waals surface area contributed by atoms with E-state index < -0.39 is 5.97 Å². The Morgan fingerprint density at radius 2 is 2.05 bits per heavy atom. The molecule has 0 unspecified atom stereocenters. The topological polar surface area (TPSA) is 69.6 Å². The van der Waals surface area contributed by atoms with E-state index in [1.165, 1.54) is 0 Å². The minimum Gasteiger partial charge on any atom is -0.478 e. The average Bonchev–Trinajstić information content (AvgIpc) is 3.19. The summed E-state index contributed by atoms with van der Waals surface area (Å²) in [5.41, 5.74) is 1.16. The van der Waals surface area contributed by atoms with Gasteiger partial charge < -0.3 is 15.3 Å². The fraction of sp³-hybridized carbons (Fsp3) is 0.500. The number of hydrogen-bond donors (Lipinski definition) is 2. The van der Waals surface area contributed by atoms with Crippen LogP contribution in [0.1, 0.15) is 42.6 Å². The van der Waals surface area contributed by atoms with Crippen LogP contribution in [0, 0.1) is 12.8 Å². The molecule has 1 saturated carbocycles. The molecular weight excluding hydrogens is 268 g/mol. The molecule has 2 rings (SSSR count). The number of benzene rings is 1. The number of urea groups is 1. The lowest BCUT2D eigenvalue weighted by Crippen LogP contribution is -2.39. The number of amides is 2. The Morgan fingerprint density at radius 3 is 2.57 bits per heavy atom. The first-order valence-electron chi connectivity index (χ1n) is 7.30. The molecular formula is C16H22N2O3. The number of aryl methyl sites for hydroxylation is 1. The monoisotopic (exact) mass is 290 g/mol. The third-order valence-electron chi connectivity index (χ3n) is 3.54. The Balaban J connectivity index is 2.18. The molecule has 0 heterocycles. The van der Waals surface area contributed by atoms with E-state index in [0.29, 0.717) is 29.8 Å². The summed E-state index contributed by atoms with van der Waals surface area (Å²) in [6.45, 7) is 6.55.